The molecule has 13 heavy (non-hydrogen) atoms. The second-order valence-electron chi connectivity index (χ2n) is 2.67. The van der Waals surface area contributed by atoms with Crippen molar-refractivity contribution in [3.63, 3.8) is 0 Å². The largest absolute Gasteiger partial charge is 0.330 e. The number of benzene rings is 1. The monoisotopic (exact) mass is 208 g/mol. The van der Waals surface area contributed by atoms with Crippen LogP contribution in [0.25, 0.3) is 11.3 Å². The minimum Gasteiger partial charge on any atom is -0.330 e. The molecule has 2 N–H and O–H groups in total. The Balaban J connectivity index is 2.59. The predicted molar refractivity (Wildman–Crippen MR) is 58.7 cm³/mol. The Morgan fingerprint density at radius 3 is 2.31 bits per heavy atom. The van der Waals surface area contributed by atoms with Gasteiger partial charge < -0.3 is 9.97 Å². The summed E-state index contributed by atoms with van der Waals surface area (Å²) in [6, 6.07) is 9.95. The molecule has 0 aliphatic heterocycles. The van der Waals surface area contributed by atoms with Gasteiger partial charge >= 0.3 is 0 Å². The Morgan fingerprint density at radius 2 is 1.77 bits per heavy atom. The van der Waals surface area contributed by atoms with Crippen molar-refractivity contribution < 1.29 is 0 Å². The van der Waals surface area contributed by atoms with Gasteiger partial charge in [0, 0.05) is 5.56 Å². The van der Waals surface area contributed by atoms with Gasteiger partial charge in [0.05, 0.1) is 10.7 Å². The minimum absolute atomic E-state index is 0.601. The van der Waals surface area contributed by atoms with Crippen LogP contribution < -0.4 is 0 Å². The summed E-state index contributed by atoms with van der Waals surface area (Å²) in [5.41, 5.74) is 2.02. The van der Waals surface area contributed by atoms with Gasteiger partial charge in [-0.2, -0.15) is 0 Å². The molecule has 0 spiro atoms. The fourth-order valence-electron chi connectivity index (χ4n) is 1.19. The summed E-state index contributed by atoms with van der Waals surface area (Å²) >= 11 is 9.24. The van der Waals surface area contributed by atoms with E-state index in [2.05, 4.69) is 22.6 Å². The summed E-state index contributed by atoms with van der Waals surface area (Å²) in [7, 11) is 0. The number of thiol groups is 1. The van der Waals surface area contributed by atoms with Crippen molar-refractivity contribution in [3.8, 4) is 11.3 Å². The van der Waals surface area contributed by atoms with Gasteiger partial charge in [-0.1, -0.05) is 30.3 Å². The molecule has 2 aromatic rings. The van der Waals surface area contributed by atoms with Gasteiger partial charge in [0.25, 0.3) is 0 Å². The molecule has 2 nitrogen and oxygen atoms in total. The zero-order chi connectivity index (χ0) is 9.26. The molecule has 0 saturated heterocycles. The Bertz CT molecular complexity index is 456. The SMILES string of the molecule is S=c1[nH]c(S)c(-c2ccccc2)[nH]1. The normalized spacial score (nSPS) is 10.2. The van der Waals surface area contributed by atoms with Crippen LogP contribution in [0, 0.1) is 4.77 Å². The number of nitrogens with one attached hydrogen (secondary N) is 2. The first-order chi connectivity index (χ1) is 6.27. The van der Waals surface area contributed by atoms with E-state index in [9.17, 15) is 0 Å². The molecule has 4 heteroatoms. The summed E-state index contributed by atoms with van der Waals surface area (Å²) in [6.07, 6.45) is 0. The fourth-order valence-corrected chi connectivity index (χ4v) is 1.76. The van der Waals surface area contributed by atoms with E-state index in [1.165, 1.54) is 0 Å². The van der Waals surface area contributed by atoms with E-state index in [0.29, 0.717) is 4.77 Å². The third-order valence-electron chi connectivity index (χ3n) is 1.77. The van der Waals surface area contributed by atoms with E-state index in [-0.39, 0.29) is 0 Å². The molecule has 1 heterocycles. The van der Waals surface area contributed by atoms with Crippen LogP contribution in [-0.2, 0) is 0 Å². The quantitative estimate of drug-likeness (QED) is 0.488. The summed E-state index contributed by atoms with van der Waals surface area (Å²) in [5.74, 6) is 0. The van der Waals surface area contributed by atoms with E-state index < -0.39 is 0 Å². The maximum atomic E-state index is 4.96. The van der Waals surface area contributed by atoms with Gasteiger partial charge in [-0.3, -0.25) is 0 Å². The molecule has 2 rings (SSSR count). The van der Waals surface area contributed by atoms with Gasteiger partial charge in [-0.25, -0.2) is 0 Å². The standard InChI is InChI=1S/C9H8N2S2/c12-8-7(10-9(13)11-8)6-4-2-1-3-5-6/h1-5,12H,(H2,10,11,13). The Labute approximate surface area is 86.4 Å². The topological polar surface area (TPSA) is 31.6 Å². The summed E-state index contributed by atoms with van der Waals surface area (Å²) < 4.78 is 0.601. The summed E-state index contributed by atoms with van der Waals surface area (Å²) in [4.78, 5) is 5.97. The summed E-state index contributed by atoms with van der Waals surface area (Å²) in [5, 5.41) is 0.774. The first-order valence-electron chi connectivity index (χ1n) is 3.84. The van der Waals surface area contributed by atoms with Crippen molar-refractivity contribution in [1.29, 1.82) is 0 Å². The molecular weight excluding hydrogens is 200 g/mol. The zero-order valence-corrected chi connectivity index (χ0v) is 8.45. The lowest BCUT2D eigenvalue weighted by Gasteiger charge is -1.96. The van der Waals surface area contributed by atoms with Crippen molar-refractivity contribution in [2.75, 3.05) is 0 Å². The predicted octanol–water partition coefficient (Wildman–Crippen LogP) is 3.03. The molecule has 0 unspecified atom stereocenters. The highest BCUT2D eigenvalue weighted by Gasteiger charge is 2.02. The van der Waals surface area contributed by atoms with Crippen LogP contribution in [-0.4, -0.2) is 9.97 Å². The van der Waals surface area contributed by atoms with Crippen molar-refractivity contribution in [1.82, 2.24) is 9.97 Å². The van der Waals surface area contributed by atoms with Crippen molar-refractivity contribution in [2.45, 2.75) is 5.03 Å². The van der Waals surface area contributed by atoms with Crippen LogP contribution in [0.2, 0.25) is 0 Å². The van der Waals surface area contributed by atoms with E-state index in [4.69, 9.17) is 12.2 Å². The third-order valence-corrected chi connectivity index (χ3v) is 2.31. The lowest BCUT2D eigenvalue weighted by molar-refractivity contribution is 1.19. The molecule has 1 aromatic heterocycles. The molecule has 0 aliphatic carbocycles. The van der Waals surface area contributed by atoms with E-state index >= 15 is 0 Å². The first kappa shape index (κ1) is 8.59. The van der Waals surface area contributed by atoms with Gasteiger partial charge in [-0.05, 0) is 12.2 Å². The van der Waals surface area contributed by atoms with Crippen molar-refractivity contribution in [3.05, 3.63) is 35.1 Å². The molecule has 0 fully saturated rings. The van der Waals surface area contributed by atoms with E-state index in [1.54, 1.807) is 0 Å². The highest BCUT2D eigenvalue weighted by atomic mass is 32.1. The van der Waals surface area contributed by atoms with Gasteiger partial charge in [-0.15, -0.1) is 12.6 Å². The highest BCUT2D eigenvalue weighted by molar-refractivity contribution is 7.80. The van der Waals surface area contributed by atoms with Crippen LogP contribution in [0.4, 0.5) is 0 Å². The molecule has 0 amide bonds. The molecule has 0 bridgehead atoms. The van der Waals surface area contributed by atoms with Gasteiger partial charge in [0.1, 0.15) is 0 Å². The van der Waals surface area contributed by atoms with Crippen LogP contribution in [0.15, 0.2) is 35.4 Å². The molecule has 0 aliphatic rings. The second kappa shape index (κ2) is 3.40. The second-order valence-corrected chi connectivity index (χ2v) is 3.52. The Kier molecular flexibility index (Phi) is 2.24. The average Bonchev–Trinajstić information content (AvgIpc) is 2.47. The van der Waals surface area contributed by atoms with Crippen LogP contribution >= 0.6 is 24.8 Å². The van der Waals surface area contributed by atoms with Crippen LogP contribution in [0.1, 0.15) is 0 Å². The number of aromatic amines is 2. The fraction of sp³-hybridized carbons (Fsp3) is 0. The number of imidazole rings is 1. The summed E-state index contributed by atoms with van der Waals surface area (Å²) in [6.45, 7) is 0. The lowest BCUT2D eigenvalue weighted by Crippen LogP contribution is -1.76. The maximum Gasteiger partial charge on any atom is 0.175 e. The zero-order valence-electron chi connectivity index (χ0n) is 6.74. The third kappa shape index (κ3) is 1.68. The molecular formula is C9H8N2S2. The Hall–Kier alpha value is -1.00. The van der Waals surface area contributed by atoms with Crippen molar-refractivity contribution in [2.24, 2.45) is 0 Å². The van der Waals surface area contributed by atoms with Gasteiger partial charge in [0.15, 0.2) is 4.77 Å². The molecule has 66 valence electrons. The molecule has 0 atom stereocenters. The minimum atomic E-state index is 0.601. The van der Waals surface area contributed by atoms with Crippen LogP contribution in [0.3, 0.4) is 0 Å². The average molecular weight is 208 g/mol. The number of rotatable bonds is 1. The van der Waals surface area contributed by atoms with E-state index in [0.717, 1.165) is 16.3 Å². The molecule has 0 saturated carbocycles. The smallest absolute Gasteiger partial charge is 0.175 e. The van der Waals surface area contributed by atoms with Crippen LogP contribution in [0.5, 0.6) is 0 Å². The van der Waals surface area contributed by atoms with Crippen molar-refractivity contribution >= 4 is 24.8 Å². The number of H-pyrrole nitrogens is 2. The number of hydrogen-bond donors (Lipinski definition) is 3. The molecule has 0 radical (unpaired) electrons. The number of aromatic nitrogens is 2. The first-order valence-corrected chi connectivity index (χ1v) is 4.69. The lowest BCUT2D eigenvalue weighted by atomic mass is 10.2. The maximum absolute atomic E-state index is 4.96. The highest BCUT2D eigenvalue weighted by Crippen LogP contribution is 2.22. The van der Waals surface area contributed by atoms with E-state index in [1.807, 2.05) is 30.3 Å². The number of hydrogen-bond acceptors (Lipinski definition) is 2. The molecule has 1 aromatic carbocycles. The Morgan fingerprint density at radius 1 is 1.08 bits per heavy atom. The van der Waals surface area contributed by atoms with Gasteiger partial charge in [0.2, 0.25) is 0 Å².